The smallest absolute Gasteiger partial charge is 0.345 e. The van der Waals surface area contributed by atoms with Crippen molar-refractivity contribution in [2.75, 3.05) is 37.8 Å². The van der Waals surface area contributed by atoms with Gasteiger partial charge in [-0.15, -0.1) is 5.54 Å². The van der Waals surface area contributed by atoms with E-state index >= 15 is 0 Å². The lowest BCUT2D eigenvalue weighted by Gasteiger charge is -2.22. The monoisotopic (exact) mass is 1210 g/mol. The number of carbonyl (C=O) groups excluding carboxylic acids is 4. The van der Waals surface area contributed by atoms with E-state index in [-0.39, 0.29) is 77.0 Å². The van der Waals surface area contributed by atoms with Crippen LogP contribution in [-0.2, 0) is 19.1 Å². The number of aromatic nitrogens is 8. The lowest BCUT2D eigenvalue weighted by atomic mass is 10.1. The quantitative estimate of drug-likeness (QED) is 0.0372. The van der Waals surface area contributed by atoms with Gasteiger partial charge in [0, 0.05) is 37.3 Å². The number of ether oxygens (including phenoxy) is 2. The Hall–Kier alpha value is -7.92. The molecule has 0 radical (unpaired) electrons. The van der Waals surface area contributed by atoms with Crippen LogP contribution in [0.15, 0.2) is 66.8 Å². The SMILES string of the molecule is C=CC(=O)N1C[C@@H](n2nc(Br)c(C(N)=O)c2N)C[C@@H]1COC(F)F.C=CC(=O)N1C[C@@H](n2nc(C#Cc3cc4ncn(C5CC5)c4cc3F)c(C(N)=O)c2N)C[C@@H]1COC(F)F.C[Si](C)(C)C#Cc1cc2ncn(C3CC3)c2cc1F. The van der Waals surface area contributed by atoms with Crippen molar-refractivity contribution < 1.29 is 55.0 Å². The zero-order valence-corrected chi connectivity index (χ0v) is 46.7. The average Bonchev–Trinajstić information content (AvgIpc) is 4.14. The Bertz CT molecular complexity index is 3570. The molecule has 2 aliphatic carbocycles. The van der Waals surface area contributed by atoms with Crippen LogP contribution >= 0.6 is 15.9 Å². The van der Waals surface area contributed by atoms with Crippen LogP contribution in [0.5, 0.6) is 0 Å². The van der Waals surface area contributed by atoms with Crippen LogP contribution in [0.1, 0.15) is 100 Å². The highest BCUT2D eigenvalue weighted by atomic mass is 79.9. The largest absolute Gasteiger partial charge is 0.383 e. The van der Waals surface area contributed by atoms with E-state index in [0.29, 0.717) is 28.7 Å². The van der Waals surface area contributed by atoms with Gasteiger partial charge in [-0.3, -0.25) is 19.2 Å². The fourth-order valence-corrected chi connectivity index (χ4v) is 10.6. The van der Waals surface area contributed by atoms with Crippen LogP contribution in [0, 0.1) is 34.9 Å². The van der Waals surface area contributed by atoms with E-state index in [9.17, 15) is 45.5 Å². The first-order valence-electron chi connectivity index (χ1n) is 25.4. The van der Waals surface area contributed by atoms with Crippen molar-refractivity contribution in [3.63, 3.8) is 0 Å². The van der Waals surface area contributed by atoms with E-state index < -0.39 is 81.5 Å². The van der Waals surface area contributed by atoms with E-state index in [4.69, 9.17) is 22.9 Å². The number of amides is 4. The van der Waals surface area contributed by atoms with Crippen molar-refractivity contribution in [2.24, 2.45) is 11.5 Å². The molecule has 4 atom stereocenters. The van der Waals surface area contributed by atoms with Crippen molar-refractivity contribution in [3.8, 4) is 23.3 Å². The molecule has 6 heterocycles. The van der Waals surface area contributed by atoms with Crippen LogP contribution in [0.2, 0.25) is 19.6 Å². The molecular weight excluding hydrogens is 1150 g/mol. The molecular formula is C53H57BrF6N14O6Si. The maximum Gasteiger partial charge on any atom is 0.345 e. The predicted molar refractivity (Wildman–Crippen MR) is 293 cm³/mol. The summed E-state index contributed by atoms with van der Waals surface area (Å²) >= 11 is 3.10. The zero-order valence-electron chi connectivity index (χ0n) is 44.1. The van der Waals surface area contributed by atoms with E-state index in [1.807, 2.05) is 10.9 Å². The van der Waals surface area contributed by atoms with E-state index in [2.05, 4.69) is 106 Å². The molecule has 2 saturated carbocycles. The molecule has 428 valence electrons. The highest BCUT2D eigenvalue weighted by Gasteiger charge is 2.40. The molecule has 81 heavy (non-hydrogen) atoms. The fraction of sp³-hybridized carbons (Fsp3) is 0.396. The molecule has 4 aromatic heterocycles. The molecule has 8 N–H and O–H groups in total. The Morgan fingerprint density at radius 1 is 0.691 bits per heavy atom. The number of halogens is 7. The lowest BCUT2D eigenvalue weighted by molar-refractivity contribution is -0.146. The number of benzene rings is 2. The minimum atomic E-state index is -3.00. The third-order valence-corrected chi connectivity index (χ3v) is 15.1. The van der Waals surface area contributed by atoms with Crippen molar-refractivity contribution in [3.05, 3.63) is 106 Å². The molecule has 2 aliphatic heterocycles. The van der Waals surface area contributed by atoms with Gasteiger partial charge in [-0.2, -0.15) is 27.8 Å². The van der Waals surface area contributed by atoms with Gasteiger partial charge in [0.1, 0.15) is 47.1 Å². The highest BCUT2D eigenvalue weighted by molar-refractivity contribution is 9.10. The second-order valence-electron chi connectivity index (χ2n) is 20.6. The van der Waals surface area contributed by atoms with Gasteiger partial charge < -0.3 is 51.3 Å². The van der Waals surface area contributed by atoms with Gasteiger partial charge in [0.05, 0.1) is 83.2 Å². The summed E-state index contributed by atoms with van der Waals surface area (Å²) in [5.74, 6) is 4.95. The lowest BCUT2D eigenvalue weighted by Crippen LogP contribution is -2.37. The fourth-order valence-electron chi connectivity index (χ4n) is 9.53. The first kappa shape index (κ1) is 59.2. The van der Waals surface area contributed by atoms with Gasteiger partial charge >= 0.3 is 13.2 Å². The Balaban J connectivity index is 0.000000172. The molecule has 4 fully saturated rings. The van der Waals surface area contributed by atoms with Gasteiger partial charge in [-0.1, -0.05) is 44.6 Å². The molecule has 4 amide bonds. The summed E-state index contributed by atoms with van der Waals surface area (Å²) in [5.41, 5.74) is 29.4. The van der Waals surface area contributed by atoms with Crippen molar-refractivity contribution in [1.82, 2.24) is 48.5 Å². The topological polar surface area (TPSA) is 269 Å². The number of nitrogens with zero attached hydrogens (tertiary/aromatic N) is 10. The highest BCUT2D eigenvalue weighted by Crippen LogP contribution is 2.39. The number of hydrogen-bond acceptors (Lipinski definition) is 12. The van der Waals surface area contributed by atoms with Crippen LogP contribution in [0.3, 0.4) is 0 Å². The molecule has 2 saturated heterocycles. The average molecular weight is 1210 g/mol. The van der Waals surface area contributed by atoms with E-state index in [1.165, 1.54) is 44.1 Å². The van der Waals surface area contributed by atoms with Crippen molar-refractivity contribution in [2.45, 2.75) is 108 Å². The maximum absolute atomic E-state index is 14.9. The number of nitrogen functional groups attached to an aromatic ring is 2. The van der Waals surface area contributed by atoms with Crippen LogP contribution < -0.4 is 22.9 Å². The third-order valence-electron chi connectivity index (χ3n) is 13.7. The first-order valence-corrected chi connectivity index (χ1v) is 29.7. The molecule has 20 nitrogen and oxygen atoms in total. The number of carbonyl (C=O) groups is 4. The molecule has 2 aromatic carbocycles. The van der Waals surface area contributed by atoms with Crippen LogP contribution in [-0.4, -0.2) is 132 Å². The number of anilines is 2. The summed E-state index contributed by atoms with van der Waals surface area (Å²) in [4.78, 5) is 59.2. The predicted octanol–water partition coefficient (Wildman–Crippen LogP) is 6.99. The number of likely N-dealkylation sites (tertiary alicyclic amines) is 2. The molecule has 28 heteroatoms. The molecule has 6 aromatic rings. The Kier molecular flexibility index (Phi) is 17.9. The standard InChI is InChI=1S/C25H24F3N7O3.C15H17FN2Si.C13H16BrF2N5O3/c1-2-21(36)33-10-15(8-16(33)11-38-25(27)28)35-23(29)22(24(30)37)18(32-35)6-3-13-7-19-20(9-17(13)26)34(12-31-19)14-4-5-14;1-19(2,3)7-6-11-8-14-15(9-13(11)16)18(10-17-14)12-4-5-12;1-2-8(22)20-4-6(3-7(20)5-24-13(15)16)21-11(17)9(12(18)23)10(14)19-21/h2,7,9,12,14-16,25H,1,4-5,8,10-11,29H2,(H2,30,37);8-10,12H,4-5H2,1-3H3;2,6-7,13H,1,3-5,17H2,(H2,18,23)/t15-,16+;;6-,7+/m0.0/s1. The maximum atomic E-state index is 14.9. The summed E-state index contributed by atoms with van der Waals surface area (Å²) in [6.07, 6.45) is 10.5. The van der Waals surface area contributed by atoms with Gasteiger partial charge in [0.15, 0.2) is 5.69 Å². The number of imidazole rings is 2. The minimum Gasteiger partial charge on any atom is -0.383 e. The van der Waals surface area contributed by atoms with E-state index in [1.54, 1.807) is 18.5 Å². The summed E-state index contributed by atoms with van der Waals surface area (Å²) in [6.45, 7) is 6.82. The van der Waals surface area contributed by atoms with Crippen LogP contribution in [0.4, 0.5) is 38.0 Å². The zero-order chi connectivity index (χ0) is 58.8. The third kappa shape index (κ3) is 13.6. The van der Waals surface area contributed by atoms with Gasteiger partial charge in [-0.25, -0.2) is 28.1 Å². The molecule has 0 unspecified atom stereocenters. The summed E-state index contributed by atoms with van der Waals surface area (Å²) in [5, 5.41) is 8.44. The number of fused-ring (bicyclic) bond motifs is 2. The number of hydrogen-bond donors (Lipinski definition) is 4. The van der Waals surface area contributed by atoms with Crippen LogP contribution in [0.25, 0.3) is 22.1 Å². The molecule has 4 aliphatic rings. The summed E-state index contributed by atoms with van der Waals surface area (Å²) < 4.78 is 94.4. The van der Waals surface area contributed by atoms with Gasteiger partial charge in [0.2, 0.25) is 11.8 Å². The molecule has 0 bridgehead atoms. The summed E-state index contributed by atoms with van der Waals surface area (Å²) in [6, 6.07) is 4.80. The molecule has 10 rings (SSSR count). The van der Waals surface area contributed by atoms with E-state index in [0.717, 1.165) is 36.0 Å². The van der Waals surface area contributed by atoms with Crippen molar-refractivity contribution >= 4 is 81.3 Å². The minimum absolute atomic E-state index is 0.0314. The van der Waals surface area contributed by atoms with Gasteiger partial charge in [-0.05, 0) is 84.7 Å². The van der Waals surface area contributed by atoms with Gasteiger partial charge in [0.25, 0.3) is 11.8 Å². The second kappa shape index (κ2) is 24.4. The Labute approximate surface area is 469 Å². The number of alkyl halides is 4. The Morgan fingerprint density at radius 3 is 1.52 bits per heavy atom. The number of rotatable bonds is 14. The summed E-state index contributed by atoms with van der Waals surface area (Å²) in [7, 11) is -1.49. The number of nitrogens with two attached hydrogens (primary N) is 4. The Morgan fingerprint density at radius 2 is 1.12 bits per heavy atom. The molecule has 0 spiro atoms. The van der Waals surface area contributed by atoms with Crippen molar-refractivity contribution in [1.29, 1.82) is 0 Å². The second-order valence-corrected chi connectivity index (χ2v) is 26.1. The normalized spacial score (nSPS) is 18.7. The first-order chi connectivity index (χ1) is 38.4. The number of primary amides is 2.